The number of unbranched alkanes of at least 4 members (excludes halogenated alkanes) is 2. The average Bonchev–Trinajstić information content (AvgIpc) is 2.18. The number of halogens is 3. The molecule has 0 aromatic carbocycles. The Balaban J connectivity index is 2.18. The molecule has 90 valence electrons. The summed E-state index contributed by atoms with van der Waals surface area (Å²) in [5, 5.41) is 0. The van der Waals surface area contributed by atoms with Crippen LogP contribution in [0.2, 0.25) is 0 Å². The van der Waals surface area contributed by atoms with Crippen molar-refractivity contribution in [1.82, 2.24) is 4.90 Å². The topological polar surface area (TPSA) is 3.24 Å². The minimum Gasteiger partial charge on any atom is -0.303 e. The Kier molecular flexibility index (Phi) is 4.90. The number of likely N-dealkylation sites (tertiary alicyclic amines) is 1. The Morgan fingerprint density at radius 1 is 1.13 bits per heavy atom. The first kappa shape index (κ1) is 12.8. The first-order valence-corrected chi connectivity index (χ1v) is 5.83. The molecular weight excluding hydrogens is 203 g/mol. The lowest BCUT2D eigenvalue weighted by molar-refractivity contribution is -0.185. The maximum absolute atomic E-state index is 12.4. The quantitative estimate of drug-likeness (QED) is 0.660. The fraction of sp³-hybridized carbons (Fsp3) is 1.00. The standard InChI is InChI=1S/C11H20F3N/c1-2-3-4-7-15-8-5-10(6-9-15)11(12,13)14/h10H,2-9H2,1H3. The van der Waals surface area contributed by atoms with Crippen LogP contribution in [0.4, 0.5) is 13.2 Å². The molecule has 0 atom stereocenters. The predicted octanol–water partition coefficient (Wildman–Crippen LogP) is 3.45. The van der Waals surface area contributed by atoms with Gasteiger partial charge in [-0.3, -0.25) is 0 Å². The van der Waals surface area contributed by atoms with E-state index in [9.17, 15) is 13.2 Å². The van der Waals surface area contributed by atoms with Crippen molar-refractivity contribution in [3.63, 3.8) is 0 Å². The second kappa shape index (κ2) is 5.73. The van der Waals surface area contributed by atoms with Gasteiger partial charge in [0.15, 0.2) is 0 Å². The average molecular weight is 223 g/mol. The summed E-state index contributed by atoms with van der Waals surface area (Å²) in [6.07, 6.45) is 0.0617. The number of nitrogens with zero attached hydrogens (tertiary/aromatic N) is 1. The van der Waals surface area contributed by atoms with Gasteiger partial charge in [-0.15, -0.1) is 0 Å². The second-order valence-corrected chi connectivity index (χ2v) is 4.36. The van der Waals surface area contributed by atoms with Gasteiger partial charge in [0, 0.05) is 0 Å². The molecule has 0 radical (unpaired) electrons. The van der Waals surface area contributed by atoms with E-state index < -0.39 is 12.1 Å². The largest absolute Gasteiger partial charge is 0.391 e. The van der Waals surface area contributed by atoms with Crippen molar-refractivity contribution in [3.05, 3.63) is 0 Å². The molecule has 1 nitrogen and oxygen atoms in total. The molecular formula is C11H20F3N. The Hall–Kier alpha value is -0.250. The summed E-state index contributed by atoms with van der Waals surface area (Å²) in [6, 6.07) is 0. The highest BCUT2D eigenvalue weighted by Gasteiger charge is 2.40. The van der Waals surface area contributed by atoms with E-state index in [4.69, 9.17) is 0 Å². The molecule has 0 aromatic heterocycles. The van der Waals surface area contributed by atoms with Crippen molar-refractivity contribution in [1.29, 1.82) is 0 Å². The van der Waals surface area contributed by atoms with Crippen LogP contribution in [0.25, 0.3) is 0 Å². The third kappa shape index (κ3) is 4.41. The highest BCUT2D eigenvalue weighted by Crippen LogP contribution is 2.33. The van der Waals surface area contributed by atoms with Gasteiger partial charge in [-0.1, -0.05) is 19.8 Å². The minimum atomic E-state index is -3.98. The maximum atomic E-state index is 12.4. The van der Waals surface area contributed by atoms with E-state index in [0.29, 0.717) is 13.1 Å². The molecule has 0 aromatic rings. The summed E-state index contributed by atoms with van der Waals surface area (Å²) >= 11 is 0. The van der Waals surface area contributed by atoms with Crippen molar-refractivity contribution in [2.24, 2.45) is 5.92 Å². The number of rotatable bonds is 4. The Labute approximate surface area is 89.6 Å². The summed E-state index contributed by atoms with van der Waals surface area (Å²) in [5.41, 5.74) is 0. The molecule has 0 spiro atoms. The van der Waals surface area contributed by atoms with Crippen molar-refractivity contribution < 1.29 is 13.2 Å². The normalized spacial score (nSPS) is 20.8. The van der Waals surface area contributed by atoms with Gasteiger partial charge >= 0.3 is 6.18 Å². The smallest absolute Gasteiger partial charge is 0.303 e. The van der Waals surface area contributed by atoms with E-state index in [1.165, 1.54) is 12.8 Å². The third-order valence-electron chi connectivity index (χ3n) is 3.13. The fourth-order valence-electron chi connectivity index (χ4n) is 2.07. The highest BCUT2D eigenvalue weighted by atomic mass is 19.4. The Morgan fingerprint density at radius 3 is 2.20 bits per heavy atom. The Bertz CT molecular complexity index is 171. The van der Waals surface area contributed by atoms with Gasteiger partial charge in [-0.2, -0.15) is 13.2 Å². The molecule has 1 heterocycles. The molecule has 1 saturated heterocycles. The summed E-state index contributed by atoms with van der Waals surface area (Å²) < 4.78 is 37.1. The van der Waals surface area contributed by atoms with E-state index in [-0.39, 0.29) is 12.8 Å². The molecule has 0 unspecified atom stereocenters. The zero-order valence-corrected chi connectivity index (χ0v) is 9.32. The van der Waals surface area contributed by atoms with Crippen molar-refractivity contribution in [2.75, 3.05) is 19.6 Å². The van der Waals surface area contributed by atoms with Crippen LogP contribution in [0.15, 0.2) is 0 Å². The van der Waals surface area contributed by atoms with Crippen LogP contribution in [0.1, 0.15) is 39.0 Å². The van der Waals surface area contributed by atoms with Crippen LogP contribution < -0.4 is 0 Å². The summed E-state index contributed by atoms with van der Waals surface area (Å²) in [5.74, 6) is -1.06. The lowest BCUT2D eigenvalue weighted by atomic mass is 9.96. The van der Waals surface area contributed by atoms with E-state index in [1.807, 2.05) is 0 Å². The Morgan fingerprint density at radius 2 is 1.73 bits per heavy atom. The summed E-state index contributed by atoms with van der Waals surface area (Å²) in [6.45, 7) is 4.34. The molecule has 0 saturated carbocycles. The molecule has 0 N–H and O–H groups in total. The highest BCUT2D eigenvalue weighted by molar-refractivity contribution is 4.76. The van der Waals surface area contributed by atoms with Gasteiger partial charge in [0.1, 0.15) is 0 Å². The van der Waals surface area contributed by atoms with Crippen LogP contribution in [0, 0.1) is 5.92 Å². The molecule has 4 heteroatoms. The zero-order chi connectivity index (χ0) is 11.3. The van der Waals surface area contributed by atoms with Crippen molar-refractivity contribution in [3.8, 4) is 0 Å². The van der Waals surface area contributed by atoms with Gasteiger partial charge < -0.3 is 4.90 Å². The van der Waals surface area contributed by atoms with E-state index in [2.05, 4.69) is 11.8 Å². The number of hydrogen-bond donors (Lipinski definition) is 0. The molecule has 15 heavy (non-hydrogen) atoms. The first-order valence-electron chi connectivity index (χ1n) is 5.83. The van der Waals surface area contributed by atoms with Crippen LogP contribution >= 0.6 is 0 Å². The SMILES string of the molecule is CCCCCN1CCC(C(F)(F)F)CC1. The van der Waals surface area contributed by atoms with Crippen molar-refractivity contribution >= 4 is 0 Å². The molecule has 1 rings (SSSR count). The maximum Gasteiger partial charge on any atom is 0.391 e. The molecule has 1 aliphatic heterocycles. The molecule has 0 bridgehead atoms. The van der Waals surface area contributed by atoms with E-state index in [1.54, 1.807) is 0 Å². The number of alkyl halides is 3. The zero-order valence-electron chi connectivity index (χ0n) is 9.32. The number of hydrogen-bond acceptors (Lipinski definition) is 1. The third-order valence-corrected chi connectivity index (χ3v) is 3.13. The molecule has 1 aliphatic rings. The van der Waals surface area contributed by atoms with Crippen LogP contribution in [0.3, 0.4) is 0 Å². The summed E-state index contributed by atoms with van der Waals surface area (Å²) in [7, 11) is 0. The van der Waals surface area contributed by atoms with E-state index in [0.717, 1.165) is 13.0 Å². The first-order chi connectivity index (χ1) is 7.04. The lowest BCUT2D eigenvalue weighted by Gasteiger charge is -2.32. The summed E-state index contributed by atoms with van der Waals surface area (Å²) in [4.78, 5) is 2.16. The molecule has 0 amide bonds. The minimum absolute atomic E-state index is 0.287. The van der Waals surface area contributed by atoms with Crippen LogP contribution in [-0.2, 0) is 0 Å². The van der Waals surface area contributed by atoms with Gasteiger partial charge in [-0.05, 0) is 38.9 Å². The van der Waals surface area contributed by atoms with Gasteiger partial charge in [0.25, 0.3) is 0 Å². The lowest BCUT2D eigenvalue weighted by Crippen LogP contribution is -2.39. The molecule has 1 fully saturated rings. The van der Waals surface area contributed by atoms with Gasteiger partial charge in [0.05, 0.1) is 5.92 Å². The van der Waals surface area contributed by atoms with Crippen LogP contribution in [0.5, 0.6) is 0 Å². The molecule has 0 aliphatic carbocycles. The van der Waals surface area contributed by atoms with Gasteiger partial charge in [0.2, 0.25) is 0 Å². The number of piperidine rings is 1. The van der Waals surface area contributed by atoms with Gasteiger partial charge in [-0.25, -0.2) is 0 Å². The second-order valence-electron chi connectivity index (χ2n) is 4.36. The van der Waals surface area contributed by atoms with Crippen molar-refractivity contribution in [2.45, 2.75) is 45.2 Å². The van der Waals surface area contributed by atoms with Crippen LogP contribution in [-0.4, -0.2) is 30.7 Å². The monoisotopic (exact) mass is 223 g/mol. The fourth-order valence-corrected chi connectivity index (χ4v) is 2.07. The van der Waals surface area contributed by atoms with E-state index >= 15 is 0 Å². The predicted molar refractivity (Wildman–Crippen MR) is 54.7 cm³/mol.